The number of hydrogen-bond acceptors (Lipinski definition) is 4. The van der Waals surface area contributed by atoms with Crippen LogP contribution >= 0.6 is 11.3 Å². The normalized spacial score (nSPS) is 15.7. The van der Waals surface area contributed by atoms with Gasteiger partial charge >= 0.3 is 0 Å². The third-order valence-electron chi connectivity index (χ3n) is 3.82. The minimum absolute atomic E-state index is 0.131. The van der Waals surface area contributed by atoms with Gasteiger partial charge in [0.05, 0.1) is 0 Å². The first-order valence-corrected chi connectivity index (χ1v) is 9.81. The van der Waals surface area contributed by atoms with Crippen molar-refractivity contribution >= 4 is 38.6 Å². The van der Waals surface area contributed by atoms with E-state index in [1.165, 1.54) is 11.3 Å². The van der Waals surface area contributed by atoms with Gasteiger partial charge in [-0.1, -0.05) is 6.07 Å². The maximum absolute atomic E-state index is 12.2. The van der Waals surface area contributed by atoms with E-state index in [0.29, 0.717) is 12.1 Å². The molecule has 0 spiro atoms. The number of piperidine rings is 1. The summed E-state index contributed by atoms with van der Waals surface area (Å²) in [6, 6.07) is 8.55. The molecule has 1 aliphatic heterocycles. The van der Waals surface area contributed by atoms with Gasteiger partial charge in [-0.25, -0.2) is 8.42 Å². The molecule has 5 nitrogen and oxygen atoms in total. The first kappa shape index (κ1) is 16.0. The Morgan fingerprint density at radius 1 is 1.22 bits per heavy atom. The quantitative estimate of drug-likeness (QED) is 0.919. The third-order valence-corrected chi connectivity index (χ3v) is 6.60. The Labute approximate surface area is 140 Å². The summed E-state index contributed by atoms with van der Waals surface area (Å²) in [4.78, 5) is 13.8. The third kappa shape index (κ3) is 3.40. The molecule has 2 heterocycles. The Morgan fingerprint density at radius 3 is 2.70 bits per heavy atom. The lowest BCUT2D eigenvalue weighted by Gasteiger charge is -2.28. The van der Waals surface area contributed by atoms with Crippen LogP contribution in [0.25, 0.3) is 0 Å². The van der Waals surface area contributed by atoms with Gasteiger partial charge in [-0.2, -0.15) is 0 Å². The van der Waals surface area contributed by atoms with Gasteiger partial charge < -0.3 is 4.90 Å². The van der Waals surface area contributed by atoms with Crippen LogP contribution in [0.2, 0.25) is 0 Å². The number of hydrogen-bond donors (Lipinski definition) is 1. The van der Waals surface area contributed by atoms with E-state index in [2.05, 4.69) is 4.72 Å². The van der Waals surface area contributed by atoms with Crippen LogP contribution in [0.4, 0.5) is 11.4 Å². The number of sulfonamides is 1. The molecule has 3 rings (SSSR count). The number of benzene rings is 1. The summed E-state index contributed by atoms with van der Waals surface area (Å²) in [5.74, 6) is 0.131. The number of aryl methyl sites for hydroxylation is 1. The zero-order valence-corrected chi connectivity index (χ0v) is 14.4. The Morgan fingerprint density at radius 2 is 2.04 bits per heavy atom. The molecule has 1 aromatic carbocycles. The molecule has 0 unspecified atom stereocenters. The number of amides is 1. The zero-order chi connectivity index (χ0) is 16.4. The molecular formula is C16H18N2O3S2. The second-order valence-electron chi connectivity index (χ2n) is 5.54. The van der Waals surface area contributed by atoms with E-state index >= 15 is 0 Å². The fourth-order valence-electron chi connectivity index (χ4n) is 2.70. The maximum atomic E-state index is 12.2. The van der Waals surface area contributed by atoms with Gasteiger partial charge in [-0.15, -0.1) is 11.3 Å². The minimum atomic E-state index is -3.55. The second kappa shape index (κ2) is 6.33. The monoisotopic (exact) mass is 350 g/mol. The van der Waals surface area contributed by atoms with E-state index in [-0.39, 0.29) is 10.1 Å². The lowest BCUT2D eigenvalue weighted by Crippen LogP contribution is -2.35. The van der Waals surface area contributed by atoms with Crippen LogP contribution in [0.15, 0.2) is 39.9 Å². The van der Waals surface area contributed by atoms with Gasteiger partial charge in [0, 0.05) is 24.3 Å². The Hall–Kier alpha value is -1.86. The van der Waals surface area contributed by atoms with E-state index in [1.54, 1.807) is 34.5 Å². The summed E-state index contributed by atoms with van der Waals surface area (Å²) in [5.41, 5.74) is 2.24. The average molecular weight is 350 g/mol. The summed E-state index contributed by atoms with van der Waals surface area (Å²) < 4.78 is 27.4. The van der Waals surface area contributed by atoms with Crippen molar-refractivity contribution in [3.63, 3.8) is 0 Å². The van der Waals surface area contributed by atoms with E-state index in [0.717, 1.165) is 30.6 Å². The van der Waals surface area contributed by atoms with Crippen molar-refractivity contribution in [1.29, 1.82) is 0 Å². The number of rotatable bonds is 4. The number of carbonyl (C=O) groups is 1. The molecule has 1 N–H and O–H groups in total. The van der Waals surface area contributed by atoms with Gasteiger partial charge in [0.1, 0.15) is 4.21 Å². The highest BCUT2D eigenvalue weighted by Crippen LogP contribution is 2.28. The van der Waals surface area contributed by atoms with E-state index in [4.69, 9.17) is 0 Å². The SMILES string of the molecule is Cc1cc(NS(=O)(=O)c2cccs2)ccc1N1CCCCC1=O. The van der Waals surface area contributed by atoms with Crippen LogP contribution in [-0.4, -0.2) is 20.9 Å². The van der Waals surface area contributed by atoms with E-state index in [9.17, 15) is 13.2 Å². The molecule has 0 saturated carbocycles. The Kier molecular flexibility index (Phi) is 4.41. The molecule has 1 fully saturated rings. The predicted molar refractivity (Wildman–Crippen MR) is 92.5 cm³/mol. The van der Waals surface area contributed by atoms with Gasteiger partial charge in [-0.3, -0.25) is 9.52 Å². The Balaban J connectivity index is 1.84. The first-order valence-electron chi connectivity index (χ1n) is 7.45. The van der Waals surface area contributed by atoms with Crippen LogP contribution < -0.4 is 9.62 Å². The molecule has 0 radical (unpaired) electrons. The van der Waals surface area contributed by atoms with Crippen LogP contribution in [-0.2, 0) is 14.8 Å². The largest absolute Gasteiger partial charge is 0.312 e. The smallest absolute Gasteiger partial charge is 0.271 e. The molecule has 1 amide bonds. The molecule has 1 saturated heterocycles. The van der Waals surface area contributed by atoms with Crippen molar-refractivity contribution in [1.82, 2.24) is 0 Å². The van der Waals surface area contributed by atoms with E-state index in [1.807, 2.05) is 13.0 Å². The van der Waals surface area contributed by atoms with Gasteiger partial charge in [0.15, 0.2) is 0 Å². The number of carbonyl (C=O) groups excluding carboxylic acids is 1. The van der Waals surface area contributed by atoms with Crippen LogP contribution in [0.1, 0.15) is 24.8 Å². The summed E-state index contributed by atoms with van der Waals surface area (Å²) in [7, 11) is -3.55. The molecule has 122 valence electrons. The van der Waals surface area contributed by atoms with Gasteiger partial charge in [-0.05, 0) is 55.0 Å². The highest BCUT2D eigenvalue weighted by Gasteiger charge is 2.21. The first-order chi connectivity index (χ1) is 11.0. The van der Waals surface area contributed by atoms with Crippen LogP contribution in [0.3, 0.4) is 0 Å². The van der Waals surface area contributed by atoms with Gasteiger partial charge in [0.25, 0.3) is 10.0 Å². The molecule has 0 atom stereocenters. The number of nitrogens with one attached hydrogen (secondary N) is 1. The lowest BCUT2D eigenvalue weighted by molar-refractivity contribution is -0.119. The minimum Gasteiger partial charge on any atom is -0.312 e. The van der Waals surface area contributed by atoms with Crippen molar-refractivity contribution < 1.29 is 13.2 Å². The fraction of sp³-hybridized carbons (Fsp3) is 0.312. The van der Waals surface area contributed by atoms with Crippen molar-refractivity contribution in [2.75, 3.05) is 16.2 Å². The van der Waals surface area contributed by atoms with E-state index < -0.39 is 10.0 Å². The predicted octanol–water partition coefficient (Wildman–Crippen LogP) is 3.37. The van der Waals surface area contributed by atoms with Crippen molar-refractivity contribution in [2.45, 2.75) is 30.4 Å². The van der Waals surface area contributed by atoms with Crippen molar-refractivity contribution in [3.8, 4) is 0 Å². The molecule has 23 heavy (non-hydrogen) atoms. The maximum Gasteiger partial charge on any atom is 0.271 e. The summed E-state index contributed by atoms with van der Waals surface area (Å²) in [6.07, 6.45) is 2.51. The fourth-order valence-corrected chi connectivity index (χ4v) is 4.75. The van der Waals surface area contributed by atoms with Crippen LogP contribution in [0, 0.1) is 6.92 Å². The summed E-state index contributed by atoms with van der Waals surface area (Å²) >= 11 is 1.18. The lowest BCUT2D eigenvalue weighted by atomic mass is 10.1. The molecule has 0 aliphatic carbocycles. The molecule has 0 bridgehead atoms. The highest BCUT2D eigenvalue weighted by atomic mass is 32.2. The van der Waals surface area contributed by atoms with Crippen molar-refractivity contribution in [3.05, 3.63) is 41.3 Å². The highest BCUT2D eigenvalue weighted by molar-refractivity contribution is 7.94. The van der Waals surface area contributed by atoms with Gasteiger partial charge in [0.2, 0.25) is 5.91 Å². The summed E-state index contributed by atoms with van der Waals surface area (Å²) in [5, 5.41) is 1.73. The second-order valence-corrected chi connectivity index (χ2v) is 8.40. The summed E-state index contributed by atoms with van der Waals surface area (Å²) in [6.45, 7) is 2.61. The van der Waals surface area contributed by atoms with Crippen LogP contribution in [0.5, 0.6) is 0 Å². The number of nitrogens with zero attached hydrogens (tertiary/aromatic N) is 1. The standard InChI is InChI=1S/C16H18N2O3S2/c1-12-11-13(17-23(20,21)16-6-4-10-22-16)7-8-14(12)18-9-3-2-5-15(18)19/h4,6-8,10-11,17H,2-3,5,9H2,1H3. The zero-order valence-electron chi connectivity index (χ0n) is 12.8. The van der Waals surface area contributed by atoms with Crippen molar-refractivity contribution in [2.24, 2.45) is 0 Å². The number of anilines is 2. The molecule has 1 aliphatic rings. The number of thiophene rings is 1. The molecule has 1 aromatic heterocycles. The molecular weight excluding hydrogens is 332 g/mol. The molecule has 2 aromatic rings. The molecule has 7 heteroatoms. The topological polar surface area (TPSA) is 66.5 Å². The Bertz CT molecular complexity index is 814. The average Bonchev–Trinajstić information content (AvgIpc) is 3.03.